The Hall–Kier alpha value is -3.68. The van der Waals surface area contributed by atoms with E-state index in [9.17, 15) is 14.7 Å². The molecule has 8 heteroatoms. The minimum absolute atomic E-state index is 0.379. The molecule has 0 aliphatic rings. The first-order chi connectivity index (χ1) is 16.6. The van der Waals surface area contributed by atoms with Crippen molar-refractivity contribution in [1.29, 1.82) is 5.53 Å². The smallest absolute Gasteiger partial charge is 0.410 e. The fourth-order valence-electron chi connectivity index (χ4n) is 3.49. The van der Waals surface area contributed by atoms with E-state index in [-0.39, 0.29) is 0 Å². The third-order valence-corrected chi connectivity index (χ3v) is 5.29. The minimum Gasteiger partial charge on any atom is -0.481 e. The Labute approximate surface area is 207 Å². The lowest BCUT2D eigenvalue weighted by atomic mass is 9.94. The molecule has 35 heavy (non-hydrogen) atoms. The first-order valence-corrected chi connectivity index (χ1v) is 11.7. The average Bonchev–Trinajstić information content (AvgIpc) is 2.80. The number of carbonyl (C=O) groups excluding carboxylic acids is 1. The van der Waals surface area contributed by atoms with Crippen LogP contribution in [-0.2, 0) is 22.4 Å². The van der Waals surface area contributed by atoms with Gasteiger partial charge in [-0.15, -0.1) is 0 Å². The number of amides is 1. The lowest BCUT2D eigenvalue weighted by molar-refractivity contribution is -0.142. The second-order valence-electron chi connectivity index (χ2n) is 9.54. The molecule has 188 valence electrons. The Morgan fingerprint density at radius 1 is 1.14 bits per heavy atom. The van der Waals surface area contributed by atoms with Gasteiger partial charge in [0.25, 0.3) is 0 Å². The number of benzene rings is 2. The van der Waals surface area contributed by atoms with Crippen LogP contribution in [0.2, 0.25) is 0 Å². The molecular weight excluding hydrogens is 444 g/mol. The van der Waals surface area contributed by atoms with Gasteiger partial charge in [0, 0.05) is 31.9 Å². The maximum Gasteiger partial charge on any atom is 0.410 e. The highest BCUT2D eigenvalue weighted by molar-refractivity contribution is 5.70. The summed E-state index contributed by atoms with van der Waals surface area (Å²) in [5.41, 5.74) is 10.2. The molecule has 2 rings (SSSR count). The molecule has 1 unspecified atom stereocenters. The lowest BCUT2D eigenvalue weighted by Crippen LogP contribution is -2.35. The van der Waals surface area contributed by atoms with Crippen molar-refractivity contribution in [3.63, 3.8) is 0 Å². The van der Waals surface area contributed by atoms with Crippen molar-refractivity contribution in [2.45, 2.75) is 52.1 Å². The van der Waals surface area contributed by atoms with Crippen molar-refractivity contribution in [2.75, 3.05) is 18.9 Å². The van der Waals surface area contributed by atoms with Crippen molar-refractivity contribution in [3.05, 3.63) is 77.6 Å². The summed E-state index contributed by atoms with van der Waals surface area (Å²) < 4.78 is 5.33. The van der Waals surface area contributed by atoms with Crippen molar-refractivity contribution in [2.24, 2.45) is 11.0 Å². The van der Waals surface area contributed by atoms with Gasteiger partial charge in [-0.2, -0.15) is 5.11 Å². The second kappa shape index (κ2) is 13.3. The fraction of sp³-hybridized carbons (Fsp3) is 0.407. The molecule has 0 saturated heterocycles. The summed E-state index contributed by atoms with van der Waals surface area (Å²) in [6, 6.07) is 17.4. The van der Waals surface area contributed by atoms with Gasteiger partial charge < -0.3 is 20.1 Å². The molecular formula is C27H36N4O4. The van der Waals surface area contributed by atoms with Gasteiger partial charge in [-0.1, -0.05) is 42.5 Å². The molecule has 1 amide bonds. The number of carboxylic acid groups (broad SMARTS) is 1. The topological polar surface area (TPSA) is 115 Å². The molecule has 8 nitrogen and oxygen atoms in total. The molecule has 0 spiro atoms. The van der Waals surface area contributed by atoms with Gasteiger partial charge in [0.2, 0.25) is 0 Å². The molecule has 0 radical (unpaired) electrons. The molecule has 0 saturated carbocycles. The van der Waals surface area contributed by atoms with Gasteiger partial charge in [-0.3, -0.25) is 4.79 Å². The highest BCUT2D eigenvalue weighted by atomic mass is 16.6. The monoisotopic (exact) mass is 480 g/mol. The van der Waals surface area contributed by atoms with Crippen LogP contribution in [0.25, 0.3) is 0 Å². The predicted octanol–water partition coefficient (Wildman–Crippen LogP) is 6.10. The molecule has 2 aromatic rings. The SMILES string of the molecule is CN(CCCC(Cc1cccc(N/C=C(/Cc2ccccc2)N=N)c1)C(=O)O)C(=O)OC(C)(C)C. The van der Waals surface area contributed by atoms with E-state index in [1.165, 1.54) is 4.90 Å². The van der Waals surface area contributed by atoms with Crippen LogP contribution < -0.4 is 5.32 Å². The van der Waals surface area contributed by atoms with Gasteiger partial charge in [-0.25, -0.2) is 10.3 Å². The van der Waals surface area contributed by atoms with E-state index in [4.69, 9.17) is 10.3 Å². The molecule has 0 heterocycles. The Bertz CT molecular complexity index is 1020. The van der Waals surface area contributed by atoms with E-state index in [0.717, 1.165) is 16.8 Å². The molecule has 0 aliphatic carbocycles. The Balaban J connectivity index is 1.93. The number of rotatable bonds is 12. The summed E-state index contributed by atoms with van der Waals surface area (Å²) >= 11 is 0. The molecule has 0 fully saturated rings. The number of ether oxygens (including phenoxy) is 1. The van der Waals surface area contributed by atoms with Crippen LogP contribution in [-0.4, -0.2) is 41.3 Å². The summed E-state index contributed by atoms with van der Waals surface area (Å²) in [6.07, 6.45) is 3.20. The maximum atomic E-state index is 12.1. The molecule has 0 bridgehead atoms. The Morgan fingerprint density at radius 2 is 1.83 bits per heavy atom. The Morgan fingerprint density at radius 3 is 2.46 bits per heavy atom. The molecule has 0 aromatic heterocycles. The number of nitrogens with zero attached hydrogens (tertiary/aromatic N) is 2. The van der Waals surface area contributed by atoms with Gasteiger partial charge in [0.15, 0.2) is 0 Å². The van der Waals surface area contributed by atoms with Crippen LogP contribution in [0, 0.1) is 11.4 Å². The fourth-order valence-corrected chi connectivity index (χ4v) is 3.49. The summed E-state index contributed by atoms with van der Waals surface area (Å²) in [5, 5.41) is 16.5. The normalized spacial score (nSPS) is 12.5. The number of anilines is 1. The zero-order valence-corrected chi connectivity index (χ0v) is 21.0. The number of hydrogen-bond acceptors (Lipinski definition) is 6. The number of hydrogen-bond donors (Lipinski definition) is 3. The van der Waals surface area contributed by atoms with Gasteiger partial charge in [0.05, 0.1) is 11.6 Å². The molecule has 1 atom stereocenters. The number of aliphatic carboxylic acids is 1. The van der Waals surface area contributed by atoms with Gasteiger partial charge in [-0.05, 0) is 63.3 Å². The summed E-state index contributed by atoms with van der Waals surface area (Å²) in [7, 11) is 1.65. The van der Waals surface area contributed by atoms with Crippen molar-refractivity contribution in [3.8, 4) is 0 Å². The standard InChI is InChI=1S/C27H36N4O4/c1-27(2,3)35-26(34)31(4)15-9-13-22(25(32)33)16-21-12-8-14-23(18-21)29-19-24(30-28)17-20-10-6-5-7-11-20/h5-8,10-12,14,18-19,22,28-29H,9,13,15-17H2,1-4H3,(H,32,33)/b24-19-,30-28?. The molecule has 0 aliphatic heterocycles. The lowest BCUT2D eigenvalue weighted by Gasteiger charge is -2.25. The summed E-state index contributed by atoms with van der Waals surface area (Å²) in [4.78, 5) is 25.4. The van der Waals surface area contributed by atoms with E-state index < -0.39 is 23.6 Å². The quantitative estimate of drug-likeness (QED) is 0.317. The summed E-state index contributed by atoms with van der Waals surface area (Å²) in [5.74, 6) is -1.42. The van der Waals surface area contributed by atoms with E-state index in [1.807, 2.05) is 75.4 Å². The van der Waals surface area contributed by atoms with Crippen LogP contribution in [0.4, 0.5) is 10.5 Å². The minimum atomic E-state index is -0.860. The van der Waals surface area contributed by atoms with E-state index in [2.05, 4.69) is 10.4 Å². The van der Waals surface area contributed by atoms with Crippen LogP contribution in [0.15, 0.2) is 71.6 Å². The number of carboxylic acids is 1. The van der Waals surface area contributed by atoms with E-state index in [0.29, 0.717) is 37.9 Å². The number of nitrogens with one attached hydrogen (secondary N) is 2. The third kappa shape index (κ3) is 10.4. The highest BCUT2D eigenvalue weighted by Gasteiger charge is 2.21. The van der Waals surface area contributed by atoms with Crippen molar-refractivity contribution >= 4 is 17.7 Å². The van der Waals surface area contributed by atoms with E-state index >= 15 is 0 Å². The maximum absolute atomic E-state index is 12.1. The van der Waals surface area contributed by atoms with Crippen LogP contribution in [0.5, 0.6) is 0 Å². The van der Waals surface area contributed by atoms with E-state index in [1.54, 1.807) is 13.2 Å². The second-order valence-corrected chi connectivity index (χ2v) is 9.54. The first-order valence-electron chi connectivity index (χ1n) is 11.7. The number of carbonyl (C=O) groups is 2. The average molecular weight is 481 g/mol. The zero-order valence-electron chi connectivity index (χ0n) is 21.0. The highest BCUT2D eigenvalue weighted by Crippen LogP contribution is 2.19. The van der Waals surface area contributed by atoms with Gasteiger partial charge >= 0.3 is 12.1 Å². The van der Waals surface area contributed by atoms with Crippen LogP contribution >= 0.6 is 0 Å². The third-order valence-electron chi connectivity index (χ3n) is 5.29. The van der Waals surface area contributed by atoms with Crippen LogP contribution in [0.1, 0.15) is 44.7 Å². The van der Waals surface area contributed by atoms with Crippen molar-refractivity contribution < 1.29 is 19.4 Å². The Kier molecular flexibility index (Phi) is 10.5. The van der Waals surface area contributed by atoms with Crippen molar-refractivity contribution in [1.82, 2.24) is 4.90 Å². The largest absolute Gasteiger partial charge is 0.481 e. The molecule has 3 N–H and O–H groups in total. The van der Waals surface area contributed by atoms with Crippen LogP contribution in [0.3, 0.4) is 0 Å². The predicted molar refractivity (Wildman–Crippen MR) is 136 cm³/mol. The molecule has 2 aromatic carbocycles. The first kappa shape index (κ1) is 27.6. The van der Waals surface area contributed by atoms with Gasteiger partial charge in [0.1, 0.15) is 5.60 Å². The zero-order chi connectivity index (χ0) is 25.8. The number of allylic oxidation sites excluding steroid dienone is 1. The summed E-state index contributed by atoms with van der Waals surface area (Å²) in [6.45, 7) is 5.85.